The molecule has 0 aliphatic carbocycles. The molecule has 1 aromatic carbocycles. The van der Waals surface area contributed by atoms with Crippen molar-refractivity contribution in [2.45, 2.75) is 45.2 Å². The van der Waals surface area contributed by atoms with Gasteiger partial charge in [-0.25, -0.2) is 4.79 Å². The second-order valence-electron chi connectivity index (χ2n) is 7.04. The fourth-order valence-corrected chi connectivity index (χ4v) is 3.89. The lowest BCUT2D eigenvalue weighted by molar-refractivity contribution is -0.147. The highest BCUT2D eigenvalue weighted by Gasteiger charge is 2.29. The monoisotopic (exact) mass is 420 g/mol. The van der Waals surface area contributed by atoms with Gasteiger partial charge in [-0.3, -0.25) is 14.4 Å². The summed E-state index contributed by atoms with van der Waals surface area (Å²) in [5.41, 5.74) is 1.05. The molecule has 29 heavy (non-hydrogen) atoms. The molecule has 0 saturated heterocycles. The van der Waals surface area contributed by atoms with Crippen molar-refractivity contribution in [1.82, 2.24) is 10.6 Å². The summed E-state index contributed by atoms with van der Waals surface area (Å²) in [4.78, 5) is 46.8. The van der Waals surface area contributed by atoms with Gasteiger partial charge < -0.3 is 20.8 Å². The third-order valence-corrected chi connectivity index (χ3v) is 5.45. The highest BCUT2D eigenvalue weighted by atomic mass is 32.1. The lowest BCUT2D eigenvalue weighted by atomic mass is 10.0. The van der Waals surface area contributed by atoms with E-state index in [9.17, 15) is 19.2 Å². The minimum atomic E-state index is -1.56. The number of nitrogens with one attached hydrogen (secondary N) is 2. The summed E-state index contributed by atoms with van der Waals surface area (Å²) in [5, 5.41) is 25.8. The third-order valence-electron chi connectivity index (χ3n) is 4.44. The molecule has 0 aliphatic heterocycles. The number of fused-ring (bicyclic) bond motifs is 1. The smallest absolute Gasteiger partial charge is 0.326 e. The van der Waals surface area contributed by atoms with E-state index in [0.717, 1.165) is 15.6 Å². The lowest BCUT2D eigenvalue weighted by Crippen LogP contribution is -2.54. The zero-order valence-corrected chi connectivity index (χ0v) is 17.0. The van der Waals surface area contributed by atoms with Gasteiger partial charge in [0, 0.05) is 11.1 Å². The molecule has 0 bridgehead atoms. The Bertz CT molecular complexity index is 907. The molecule has 0 unspecified atom stereocenters. The maximum Gasteiger partial charge on any atom is 0.326 e. The number of carboxylic acid groups (broad SMARTS) is 2. The van der Waals surface area contributed by atoms with Crippen LogP contribution in [0.2, 0.25) is 0 Å². The quantitative estimate of drug-likeness (QED) is 0.465. The Morgan fingerprint density at radius 1 is 1.07 bits per heavy atom. The van der Waals surface area contributed by atoms with Crippen LogP contribution in [0.5, 0.6) is 0 Å². The van der Waals surface area contributed by atoms with Crippen molar-refractivity contribution in [3.8, 4) is 0 Å². The number of amides is 2. The molecule has 2 aromatic rings. The molecule has 2 atom stereocenters. The topological polar surface area (TPSA) is 133 Å². The molecule has 0 aliphatic rings. The predicted molar refractivity (Wildman–Crippen MR) is 109 cm³/mol. The van der Waals surface area contributed by atoms with Crippen molar-refractivity contribution >= 4 is 45.2 Å². The lowest BCUT2D eigenvalue weighted by Gasteiger charge is -2.23. The van der Waals surface area contributed by atoms with Crippen LogP contribution in [0.1, 0.15) is 32.3 Å². The Balaban J connectivity index is 1.98. The van der Waals surface area contributed by atoms with E-state index in [-0.39, 0.29) is 18.2 Å². The molecule has 0 spiro atoms. The zero-order valence-electron chi connectivity index (χ0n) is 16.2. The van der Waals surface area contributed by atoms with Crippen molar-refractivity contribution in [3.63, 3.8) is 0 Å². The molecule has 1 aromatic heterocycles. The number of carbonyl (C=O) groups is 4. The van der Waals surface area contributed by atoms with Gasteiger partial charge in [-0.1, -0.05) is 32.0 Å². The molecule has 9 heteroatoms. The van der Waals surface area contributed by atoms with Crippen LogP contribution in [-0.4, -0.2) is 46.0 Å². The third kappa shape index (κ3) is 6.28. The van der Waals surface area contributed by atoms with Gasteiger partial charge in [0.1, 0.15) is 12.1 Å². The molecule has 2 amide bonds. The number of aliphatic carboxylic acids is 2. The first-order valence-electron chi connectivity index (χ1n) is 9.18. The number of hydrogen-bond donors (Lipinski definition) is 4. The molecule has 0 radical (unpaired) electrons. The van der Waals surface area contributed by atoms with Crippen LogP contribution < -0.4 is 10.6 Å². The van der Waals surface area contributed by atoms with Crippen molar-refractivity contribution in [3.05, 3.63) is 35.2 Å². The van der Waals surface area contributed by atoms with Crippen LogP contribution in [0, 0.1) is 5.92 Å². The summed E-state index contributed by atoms with van der Waals surface area (Å²) in [6.07, 6.45) is -0.0567. The Hall–Kier alpha value is -2.94. The standard InChI is InChI=1S/C20H24N2O6S/c1-11(2)18(19(26)21-14(20(27)28)9-17(24)25)22-16(23)8-7-12-10-29-15-6-4-3-5-13(12)15/h3-6,10-11,14,18H,7-9H2,1-2H3,(H,21,26)(H,22,23)(H,24,25)(H,27,28)/t14-,18-/m0/s1. The summed E-state index contributed by atoms with van der Waals surface area (Å²) in [7, 11) is 0. The zero-order chi connectivity index (χ0) is 21.6. The Kier molecular flexibility index (Phi) is 7.72. The summed E-state index contributed by atoms with van der Waals surface area (Å²) < 4.78 is 1.14. The van der Waals surface area contributed by atoms with Crippen molar-refractivity contribution in [2.24, 2.45) is 5.92 Å². The second kappa shape index (κ2) is 10.0. The largest absolute Gasteiger partial charge is 0.481 e. The number of thiophene rings is 1. The number of benzene rings is 1. The molecule has 0 fully saturated rings. The van der Waals surface area contributed by atoms with E-state index >= 15 is 0 Å². The van der Waals surface area contributed by atoms with E-state index in [0.29, 0.717) is 6.42 Å². The van der Waals surface area contributed by atoms with Gasteiger partial charge in [0.25, 0.3) is 0 Å². The number of hydrogen-bond acceptors (Lipinski definition) is 5. The van der Waals surface area contributed by atoms with Gasteiger partial charge in [-0.15, -0.1) is 11.3 Å². The highest BCUT2D eigenvalue weighted by Crippen LogP contribution is 2.26. The first kappa shape index (κ1) is 22.4. The first-order valence-corrected chi connectivity index (χ1v) is 10.1. The Morgan fingerprint density at radius 2 is 1.76 bits per heavy atom. The van der Waals surface area contributed by atoms with Crippen LogP contribution >= 0.6 is 11.3 Å². The van der Waals surface area contributed by atoms with Gasteiger partial charge in [0.05, 0.1) is 6.42 Å². The Labute approximate surface area is 171 Å². The number of aryl methyl sites for hydroxylation is 1. The molecular weight excluding hydrogens is 396 g/mol. The van der Waals surface area contributed by atoms with Crippen molar-refractivity contribution in [2.75, 3.05) is 0 Å². The minimum Gasteiger partial charge on any atom is -0.481 e. The first-order chi connectivity index (χ1) is 13.7. The number of carbonyl (C=O) groups excluding carboxylic acids is 2. The molecular formula is C20H24N2O6S. The van der Waals surface area contributed by atoms with E-state index in [4.69, 9.17) is 10.2 Å². The molecule has 2 rings (SSSR count). The van der Waals surface area contributed by atoms with Crippen LogP contribution in [0.15, 0.2) is 29.6 Å². The average molecular weight is 420 g/mol. The van der Waals surface area contributed by atoms with Crippen LogP contribution in [0.4, 0.5) is 0 Å². The number of rotatable bonds is 10. The molecule has 4 N–H and O–H groups in total. The van der Waals surface area contributed by atoms with E-state index in [2.05, 4.69) is 10.6 Å². The fourth-order valence-electron chi connectivity index (χ4n) is 2.89. The minimum absolute atomic E-state index is 0.175. The maximum absolute atomic E-state index is 12.4. The molecule has 0 saturated carbocycles. The summed E-state index contributed by atoms with van der Waals surface area (Å²) in [6.45, 7) is 3.42. The summed E-state index contributed by atoms with van der Waals surface area (Å²) >= 11 is 1.60. The van der Waals surface area contributed by atoms with E-state index in [1.54, 1.807) is 25.2 Å². The van der Waals surface area contributed by atoms with E-state index < -0.39 is 36.4 Å². The van der Waals surface area contributed by atoms with Gasteiger partial charge in [0.2, 0.25) is 11.8 Å². The van der Waals surface area contributed by atoms with E-state index in [1.807, 2.05) is 29.6 Å². The highest BCUT2D eigenvalue weighted by molar-refractivity contribution is 7.17. The van der Waals surface area contributed by atoms with Crippen LogP contribution in [-0.2, 0) is 25.6 Å². The SMILES string of the molecule is CC(C)[C@H](NC(=O)CCc1csc2ccccc12)C(=O)N[C@@H](CC(=O)O)C(=O)O. The van der Waals surface area contributed by atoms with Crippen molar-refractivity contribution < 1.29 is 29.4 Å². The second-order valence-corrected chi connectivity index (χ2v) is 7.95. The van der Waals surface area contributed by atoms with Gasteiger partial charge in [0.15, 0.2) is 0 Å². The average Bonchev–Trinajstić information content (AvgIpc) is 3.06. The molecule has 1 heterocycles. The summed E-state index contributed by atoms with van der Waals surface area (Å²) in [6, 6.07) is 5.38. The van der Waals surface area contributed by atoms with Crippen molar-refractivity contribution in [1.29, 1.82) is 0 Å². The van der Waals surface area contributed by atoms with Crippen LogP contribution in [0.25, 0.3) is 10.1 Å². The Morgan fingerprint density at radius 3 is 2.38 bits per heavy atom. The van der Waals surface area contributed by atoms with Gasteiger partial charge in [-0.05, 0) is 34.7 Å². The molecule has 8 nitrogen and oxygen atoms in total. The van der Waals surface area contributed by atoms with Gasteiger partial charge in [-0.2, -0.15) is 0 Å². The predicted octanol–water partition coefficient (Wildman–Crippen LogP) is 2.02. The fraction of sp³-hybridized carbons (Fsp3) is 0.400. The van der Waals surface area contributed by atoms with E-state index in [1.165, 1.54) is 0 Å². The van der Waals surface area contributed by atoms with Crippen LogP contribution in [0.3, 0.4) is 0 Å². The maximum atomic E-state index is 12.4. The normalized spacial score (nSPS) is 13.1. The van der Waals surface area contributed by atoms with Gasteiger partial charge >= 0.3 is 11.9 Å². The summed E-state index contributed by atoms with van der Waals surface area (Å²) in [5.74, 6) is -4.15. The molecule has 156 valence electrons. The number of carboxylic acids is 2.